The lowest BCUT2D eigenvalue weighted by molar-refractivity contribution is 0.0383. The van der Waals surface area contributed by atoms with Crippen LogP contribution in [0.3, 0.4) is 0 Å². The van der Waals surface area contributed by atoms with Crippen LogP contribution < -0.4 is 0 Å². The highest BCUT2D eigenvalue weighted by molar-refractivity contribution is 5.22. The first kappa shape index (κ1) is 10.6. The van der Waals surface area contributed by atoms with Crippen LogP contribution in [0.1, 0.15) is 32.1 Å². The number of aliphatic hydroxyl groups is 1. The van der Waals surface area contributed by atoms with Crippen LogP contribution in [0.2, 0.25) is 0 Å². The van der Waals surface area contributed by atoms with Crippen molar-refractivity contribution in [1.82, 2.24) is 0 Å². The maximum absolute atomic E-state index is 10.1. The summed E-state index contributed by atoms with van der Waals surface area (Å²) in [5.74, 6) is 0. The van der Waals surface area contributed by atoms with E-state index in [0.717, 1.165) is 25.3 Å². The number of nitrogens with zero attached hydrogens (tertiary/aromatic N) is 4. The monoisotopic (exact) mass is 192 g/mol. The van der Waals surface area contributed by atoms with Crippen molar-refractivity contribution in [2.75, 3.05) is 0 Å². The number of hydrogen-bond acceptors (Lipinski definition) is 3. The predicted octanol–water partition coefficient (Wildman–Crippen LogP) is 2.40. The maximum Gasteiger partial charge on any atom is 0.0928 e. The van der Waals surface area contributed by atoms with Gasteiger partial charge in [0.2, 0.25) is 0 Å². The standard InChI is InChI=1S/C9H12N4O/c10-7-4-8(12-13-11)9(14)5-2-1-3-6-9/h4,14H,1-3,5-6H2/b8-4-. The topological polar surface area (TPSA) is 92.8 Å². The molecule has 0 heterocycles. The molecule has 0 spiro atoms. The average Bonchev–Trinajstić information content (AvgIpc) is 2.19. The van der Waals surface area contributed by atoms with Crippen molar-refractivity contribution < 1.29 is 5.11 Å². The van der Waals surface area contributed by atoms with Crippen LogP contribution in [0.25, 0.3) is 10.4 Å². The van der Waals surface area contributed by atoms with E-state index in [0.29, 0.717) is 12.8 Å². The zero-order valence-corrected chi connectivity index (χ0v) is 7.85. The molecule has 14 heavy (non-hydrogen) atoms. The van der Waals surface area contributed by atoms with Gasteiger partial charge in [-0.05, 0) is 18.4 Å². The maximum atomic E-state index is 10.1. The fourth-order valence-corrected chi connectivity index (χ4v) is 1.76. The summed E-state index contributed by atoms with van der Waals surface area (Å²) in [5.41, 5.74) is 7.38. The highest BCUT2D eigenvalue weighted by Crippen LogP contribution is 2.34. The van der Waals surface area contributed by atoms with Gasteiger partial charge in [-0.3, -0.25) is 0 Å². The molecule has 1 fully saturated rings. The van der Waals surface area contributed by atoms with Gasteiger partial charge >= 0.3 is 0 Å². The Labute approximate surface area is 82.3 Å². The summed E-state index contributed by atoms with van der Waals surface area (Å²) in [5, 5.41) is 22.0. The molecule has 0 aromatic rings. The van der Waals surface area contributed by atoms with Crippen molar-refractivity contribution in [3.05, 3.63) is 22.2 Å². The van der Waals surface area contributed by atoms with E-state index in [-0.39, 0.29) is 5.70 Å². The first-order valence-electron chi connectivity index (χ1n) is 4.61. The molecular weight excluding hydrogens is 180 g/mol. The Morgan fingerprint density at radius 1 is 1.50 bits per heavy atom. The first-order valence-corrected chi connectivity index (χ1v) is 4.61. The Morgan fingerprint density at radius 2 is 2.14 bits per heavy atom. The van der Waals surface area contributed by atoms with Gasteiger partial charge in [0.05, 0.1) is 17.4 Å². The minimum Gasteiger partial charge on any atom is -0.385 e. The Morgan fingerprint density at radius 3 is 2.64 bits per heavy atom. The molecule has 5 nitrogen and oxygen atoms in total. The molecule has 0 aliphatic heterocycles. The van der Waals surface area contributed by atoms with Crippen molar-refractivity contribution in [3.8, 4) is 6.07 Å². The molecule has 0 unspecified atom stereocenters. The number of hydrogen-bond donors (Lipinski definition) is 1. The summed E-state index contributed by atoms with van der Waals surface area (Å²) < 4.78 is 0. The van der Waals surface area contributed by atoms with Crippen molar-refractivity contribution in [1.29, 1.82) is 5.26 Å². The highest BCUT2D eigenvalue weighted by atomic mass is 16.3. The van der Waals surface area contributed by atoms with Crippen LogP contribution in [-0.4, -0.2) is 10.7 Å². The summed E-state index contributed by atoms with van der Waals surface area (Å²) in [4.78, 5) is 2.62. The molecular formula is C9H12N4O. The lowest BCUT2D eigenvalue weighted by atomic mass is 9.82. The van der Waals surface area contributed by atoms with E-state index in [9.17, 15) is 5.11 Å². The third-order valence-electron chi connectivity index (χ3n) is 2.51. The highest BCUT2D eigenvalue weighted by Gasteiger charge is 2.32. The van der Waals surface area contributed by atoms with Gasteiger partial charge in [0.1, 0.15) is 0 Å². The molecule has 0 amide bonds. The normalized spacial score (nSPS) is 20.7. The fraction of sp³-hybridized carbons (Fsp3) is 0.667. The van der Waals surface area contributed by atoms with E-state index in [4.69, 9.17) is 10.8 Å². The SMILES string of the molecule is N#C/C=C(\N=[N+]=[N-])C1(O)CCCCC1. The molecule has 1 rings (SSSR count). The molecule has 5 heteroatoms. The van der Waals surface area contributed by atoms with Crippen molar-refractivity contribution in [2.45, 2.75) is 37.7 Å². The van der Waals surface area contributed by atoms with Gasteiger partial charge in [0, 0.05) is 11.0 Å². The number of nitriles is 1. The lowest BCUT2D eigenvalue weighted by Gasteiger charge is -2.31. The zero-order chi connectivity index (χ0) is 10.4. The second-order valence-electron chi connectivity index (χ2n) is 3.44. The van der Waals surface area contributed by atoms with Crippen molar-refractivity contribution in [2.24, 2.45) is 5.11 Å². The van der Waals surface area contributed by atoms with Gasteiger partial charge in [0.25, 0.3) is 0 Å². The number of allylic oxidation sites excluding steroid dienone is 1. The summed E-state index contributed by atoms with van der Waals surface area (Å²) >= 11 is 0. The Kier molecular flexibility index (Phi) is 3.52. The smallest absolute Gasteiger partial charge is 0.0928 e. The second-order valence-corrected chi connectivity index (χ2v) is 3.44. The lowest BCUT2D eigenvalue weighted by Crippen LogP contribution is -2.32. The second kappa shape index (κ2) is 4.66. The van der Waals surface area contributed by atoms with E-state index in [1.165, 1.54) is 0 Å². The number of rotatable bonds is 2. The van der Waals surface area contributed by atoms with Gasteiger partial charge < -0.3 is 5.11 Å². The van der Waals surface area contributed by atoms with E-state index in [1.807, 2.05) is 0 Å². The molecule has 0 atom stereocenters. The Hall–Kier alpha value is -1.50. The van der Waals surface area contributed by atoms with E-state index < -0.39 is 5.60 Å². The van der Waals surface area contributed by atoms with Crippen molar-refractivity contribution in [3.63, 3.8) is 0 Å². The fourth-order valence-electron chi connectivity index (χ4n) is 1.76. The molecule has 74 valence electrons. The van der Waals surface area contributed by atoms with Crippen LogP contribution in [0.5, 0.6) is 0 Å². The predicted molar refractivity (Wildman–Crippen MR) is 50.9 cm³/mol. The van der Waals surface area contributed by atoms with Crippen LogP contribution >= 0.6 is 0 Å². The largest absolute Gasteiger partial charge is 0.385 e. The van der Waals surface area contributed by atoms with Gasteiger partial charge in [-0.2, -0.15) is 5.26 Å². The van der Waals surface area contributed by atoms with E-state index in [1.54, 1.807) is 6.07 Å². The van der Waals surface area contributed by atoms with Crippen LogP contribution in [-0.2, 0) is 0 Å². The molecule has 0 aromatic heterocycles. The van der Waals surface area contributed by atoms with Gasteiger partial charge in [-0.1, -0.05) is 24.4 Å². The van der Waals surface area contributed by atoms with Crippen molar-refractivity contribution >= 4 is 0 Å². The minimum absolute atomic E-state index is 0.155. The van der Waals surface area contributed by atoms with Crippen LogP contribution in [0, 0.1) is 11.3 Å². The third-order valence-corrected chi connectivity index (χ3v) is 2.51. The number of azide groups is 1. The molecule has 0 aromatic carbocycles. The third kappa shape index (κ3) is 2.25. The molecule has 0 bridgehead atoms. The quantitative estimate of drug-likeness (QED) is 0.315. The summed E-state index contributed by atoms with van der Waals surface area (Å²) in [6.45, 7) is 0. The summed E-state index contributed by atoms with van der Waals surface area (Å²) in [6.07, 6.45) is 5.16. The molecule has 0 radical (unpaired) electrons. The molecule has 1 saturated carbocycles. The van der Waals surface area contributed by atoms with Gasteiger partial charge in [-0.15, -0.1) is 0 Å². The van der Waals surface area contributed by atoms with Gasteiger partial charge in [-0.25, -0.2) is 0 Å². The molecule has 1 aliphatic rings. The zero-order valence-electron chi connectivity index (χ0n) is 7.85. The van der Waals surface area contributed by atoms with Crippen LogP contribution in [0.4, 0.5) is 0 Å². The molecule has 1 aliphatic carbocycles. The Balaban J connectivity index is 2.91. The van der Waals surface area contributed by atoms with Gasteiger partial charge in [0.15, 0.2) is 0 Å². The van der Waals surface area contributed by atoms with E-state index >= 15 is 0 Å². The minimum atomic E-state index is -1.08. The summed E-state index contributed by atoms with van der Waals surface area (Å²) in [7, 11) is 0. The van der Waals surface area contributed by atoms with E-state index in [2.05, 4.69) is 10.0 Å². The summed E-state index contributed by atoms with van der Waals surface area (Å²) in [6, 6.07) is 1.79. The first-order chi connectivity index (χ1) is 6.73. The average molecular weight is 192 g/mol. The van der Waals surface area contributed by atoms with Crippen LogP contribution in [0.15, 0.2) is 16.9 Å². The molecule has 0 saturated heterocycles. The molecule has 1 N–H and O–H groups in total. The Bertz CT molecular complexity index is 316.